The third-order valence-electron chi connectivity index (χ3n) is 6.41. The van der Waals surface area contributed by atoms with Crippen molar-refractivity contribution >= 4 is 45.1 Å². The molecule has 1 aromatic heterocycles. The number of halogens is 2. The first-order chi connectivity index (χ1) is 16.3. The first-order valence-electron chi connectivity index (χ1n) is 11.3. The number of imidazole rings is 1. The van der Waals surface area contributed by atoms with Crippen LogP contribution in [-0.4, -0.2) is 23.8 Å². The second kappa shape index (κ2) is 9.24. The van der Waals surface area contributed by atoms with Crippen LogP contribution in [0.3, 0.4) is 0 Å². The van der Waals surface area contributed by atoms with Gasteiger partial charge in [0.15, 0.2) is 11.7 Å². The van der Waals surface area contributed by atoms with Crippen LogP contribution in [0.4, 0.5) is 5.82 Å². The van der Waals surface area contributed by atoms with Crippen LogP contribution < -0.4 is 10.0 Å². The van der Waals surface area contributed by atoms with Crippen molar-refractivity contribution in [2.75, 3.05) is 4.31 Å². The highest BCUT2D eigenvalue weighted by atomic mass is 35.5. The smallest absolute Gasteiger partial charge is 0.348 e. The summed E-state index contributed by atoms with van der Waals surface area (Å²) in [7, 11) is -4.04. The first-order valence-corrected chi connectivity index (χ1v) is 13.4. The fourth-order valence-corrected chi connectivity index (χ4v) is 6.07. The van der Waals surface area contributed by atoms with E-state index in [2.05, 4.69) is 4.40 Å². The first kappa shape index (κ1) is 23.2. The Balaban J connectivity index is 1.63. The molecule has 1 fully saturated rings. The summed E-state index contributed by atoms with van der Waals surface area (Å²) in [5.41, 5.74) is 8.60. The number of hydrogen-bond acceptors (Lipinski definition) is 4. The molecule has 2 aliphatic rings. The number of nitrogens with zero attached hydrogens (tertiary/aromatic N) is 4. The number of anilines is 1. The Morgan fingerprint density at radius 2 is 1.44 bits per heavy atom. The van der Waals surface area contributed by atoms with Gasteiger partial charge in [0.05, 0.1) is 6.54 Å². The van der Waals surface area contributed by atoms with Crippen LogP contribution in [0.15, 0.2) is 52.9 Å². The van der Waals surface area contributed by atoms with Gasteiger partial charge in [0.1, 0.15) is 11.5 Å². The Morgan fingerprint density at radius 1 is 0.882 bits per heavy atom. The Hall–Kier alpha value is -2.55. The zero-order chi connectivity index (χ0) is 23.9. The molecule has 1 saturated carbocycles. The molecule has 0 bridgehead atoms. The summed E-state index contributed by atoms with van der Waals surface area (Å²) < 4.78 is 33.4. The number of hydrogen-bond donors (Lipinski definition) is 1. The third kappa shape index (κ3) is 4.54. The van der Waals surface area contributed by atoms with E-state index < -0.39 is 10.2 Å². The summed E-state index contributed by atoms with van der Waals surface area (Å²) in [5, 5.41) is 1.24. The van der Waals surface area contributed by atoms with Crippen molar-refractivity contribution in [2.24, 2.45) is 10.1 Å². The highest BCUT2D eigenvalue weighted by molar-refractivity contribution is 7.91. The van der Waals surface area contributed by atoms with Gasteiger partial charge in [-0.1, -0.05) is 66.7 Å². The van der Waals surface area contributed by atoms with Crippen molar-refractivity contribution in [3.05, 3.63) is 81.2 Å². The van der Waals surface area contributed by atoms with Gasteiger partial charge in [0.25, 0.3) is 0 Å². The van der Waals surface area contributed by atoms with Gasteiger partial charge < -0.3 is 10.3 Å². The second-order valence-electron chi connectivity index (χ2n) is 8.78. The molecule has 34 heavy (non-hydrogen) atoms. The van der Waals surface area contributed by atoms with E-state index in [9.17, 15) is 8.42 Å². The van der Waals surface area contributed by atoms with Gasteiger partial charge in [-0.15, -0.1) is 4.40 Å². The van der Waals surface area contributed by atoms with E-state index in [4.69, 9.17) is 33.9 Å². The van der Waals surface area contributed by atoms with Crippen LogP contribution in [0.2, 0.25) is 10.0 Å². The summed E-state index contributed by atoms with van der Waals surface area (Å²) in [6.07, 6.45) is 5.47. The lowest BCUT2D eigenvalue weighted by molar-refractivity contribution is 0.418. The molecule has 0 saturated heterocycles. The van der Waals surface area contributed by atoms with E-state index in [0.29, 0.717) is 28.1 Å². The number of nitrogens with two attached hydrogens (primary N) is 1. The van der Waals surface area contributed by atoms with E-state index in [-0.39, 0.29) is 18.3 Å². The number of fused-ring (bicyclic) bond motifs is 1. The van der Waals surface area contributed by atoms with Crippen molar-refractivity contribution in [1.82, 2.24) is 9.55 Å². The molecular formula is C24H25Cl2N5O2S. The van der Waals surface area contributed by atoms with E-state index in [1.807, 2.05) is 28.8 Å². The summed E-state index contributed by atoms with van der Waals surface area (Å²) >= 11 is 12.1. The quantitative estimate of drug-likeness (QED) is 0.499. The van der Waals surface area contributed by atoms with E-state index in [1.54, 1.807) is 24.3 Å². The molecule has 0 atom stereocenters. The highest BCUT2D eigenvalue weighted by Crippen LogP contribution is 2.38. The molecular weight excluding hydrogens is 493 g/mol. The van der Waals surface area contributed by atoms with Crippen molar-refractivity contribution in [1.29, 1.82) is 0 Å². The Morgan fingerprint density at radius 3 is 2.03 bits per heavy atom. The summed E-state index contributed by atoms with van der Waals surface area (Å²) in [4.78, 5) is 4.93. The number of aromatic nitrogens is 2. The van der Waals surface area contributed by atoms with Crippen LogP contribution in [0.5, 0.6) is 0 Å². The standard InChI is InChI=1S/C24H25Cl2N5O2S/c25-19-10-6-16(7-11-19)14-30-21-22(27)29-34(32,33)31(15-17-8-12-20(26)13-9-17)24(21)28-23(30)18-4-2-1-3-5-18/h6-13,18H,1-5,14-15H2,(H2,27,29). The maximum atomic E-state index is 13.1. The molecule has 1 aliphatic heterocycles. The van der Waals surface area contributed by atoms with Crippen molar-refractivity contribution in [3.8, 4) is 0 Å². The zero-order valence-electron chi connectivity index (χ0n) is 18.5. The average Bonchev–Trinajstić information content (AvgIpc) is 3.19. The summed E-state index contributed by atoms with van der Waals surface area (Å²) in [6, 6.07) is 14.7. The molecule has 0 spiro atoms. The van der Waals surface area contributed by atoms with Gasteiger partial charge in [0.2, 0.25) is 0 Å². The second-order valence-corrected chi connectivity index (χ2v) is 11.2. The zero-order valence-corrected chi connectivity index (χ0v) is 20.8. The van der Waals surface area contributed by atoms with Crippen molar-refractivity contribution < 1.29 is 8.42 Å². The van der Waals surface area contributed by atoms with Crippen molar-refractivity contribution in [3.63, 3.8) is 0 Å². The predicted octanol–water partition coefficient (Wildman–Crippen LogP) is 5.26. The Labute approximate surface area is 209 Å². The van der Waals surface area contributed by atoms with E-state index in [0.717, 1.165) is 42.6 Å². The van der Waals surface area contributed by atoms with Gasteiger partial charge >= 0.3 is 10.2 Å². The van der Waals surface area contributed by atoms with Gasteiger partial charge in [-0.25, -0.2) is 9.29 Å². The molecule has 5 rings (SSSR count). The van der Waals surface area contributed by atoms with Gasteiger partial charge in [0, 0.05) is 22.5 Å². The highest BCUT2D eigenvalue weighted by Gasteiger charge is 2.37. The van der Waals surface area contributed by atoms with E-state index in [1.165, 1.54) is 10.7 Å². The normalized spacial score (nSPS) is 17.9. The Kier molecular flexibility index (Phi) is 6.31. The average molecular weight is 518 g/mol. The summed E-state index contributed by atoms with van der Waals surface area (Å²) in [5.74, 6) is 1.39. The molecule has 178 valence electrons. The van der Waals surface area contributed by atoms with Gasteiger partial charge in [-0.2, -0.15) is 8.42 Å². The number of amidine groups is 1. The Bertz CT molecular complexity index is 1330. The molecule has 3 aromatic rings. The van der Waals surface area contributed by atoms with Gasteiger partial charge in [-0.05, 0) is 48.2 Å². The van der Waals surface area contributed by atoms with Gasteiger partial charge in [-0.3, -0.25) is 0 Å². The van der Waals surface area contributed by atoms with Crippen LogP contribution in [0.1, 0.15) is 60.7 Å². The maximum Gasteiger partial charge on any atom is 0.348 e. The van der Waals surface area contributed by atoms with Crippen LogP contribution >= 0.6 is 23.2 Å². The third-order valence-corrected chi connectivity index (χ3v) is 8.20. The molecule has 2 N–H and O–H groups in total. The molecule has 7 nitrogen and oxygen atoms in total. The minimum atomic E-state index is -4.04. The number of rotatable bonds is 5. The molecule has 2 aromatic carbocycles. The lowest BCUT2D eigenvalue weighted by Gasteiger charge is -2.25. The van der Waals surface area contributed by atoms with Crippen LogP contribution in [-0.2, 0) is 23.3 Å². The molecule has 2 heterocycles. The summed E-state index contributed by atoms with van der Waals surface area (Å²) in [6.45, 7) is 0.585. The number of benzene rings is 2. The van der Waals surface area contributed by atoms with E-state index >= 15 is 0 Å². The van der Waals surface area contributed by atoms with Crippen LogP contribution in [0, 0.1) is 0 Å². The minimum absolute atomic E-state index is 0.0362. The lowest BCUT2D eigenvalue weighted by atomic mass is 9.88. The largest absolute Gasteiger partial charge is 0.381 e. The molecule has 0 unspecified atom stereocenters. The maximum absolute atomic E-state index is 13.1. The predicted molar refractivity (Wildman–Crippen MR) is 136 cm³/mol. The molecule has 0 amide bonds. The monoisotopic (exact) mass is 517 g/mol. The topological polar surface area (TPSA) is 93.6 Å². The molecule has 1 aliphatic carbocycles. The lowest BCUT2D eigenvalue weighted by Crippen LogP contribution is -2.37. The van der Waals surface area contributed by atoms with Crippen molar-refractivity contribution in [2.45, 2.75) is 51.1 Å². The molecule has 10 heteroatoms. The molecule has 0 radical (unpaired) electrons. The fraction of sp³-hybridized carbons (Fsp3) is 0.333. The fourth-order valence-electron chi connectivity index (χ4n) is 4.73. The SMILES string of the molecule is NC1=NS(=O)(=O)N(Cc2ccc(Cl)cc2)c2nc(C3CCCCC3)n(Cc3ccc(Cl)cc3)c21. The minimum Gasteiger partial charge on any atom is -0.381 e. The van der Waals surface area contributed by atoms with Crippen LogP contribution in [0.25, 0.3) is 0 Å².